The van der Waals surface area contributed by atoms with Crippen molar-refractivity contribution < 1.29 is 9.53 Å². The number of esters is 1. The predicted octanol–water partition coefficient (Wildman–Crippen LogP) is 5.92. The average Bonchev–Trinajstić information content (AvgIpc) is 3.37. The van der Waals surface area contributed by atoms with Crippen molar-refractivity contribution >= 4 is 21.9 Å². The molecule has 0 saturated carbocycles. The summed E-state index contributed by atoms with van der Waals surface area (Å²) in [6.07, 6.45) is 0. The number of nitrogens with zero attached hydrogens (tertiary/aromatic N) is 1. The van der Waals surface area contributed by atoms with Gasteiger partial charge in [0.1, 0.15) is 5.54 Å². The summed E-state index contributed by atoms with van der Waals surface area (Å²) in [5, 5.41) is 0. The Bertz CT molecular complexity index is 935. The Morgan fingerprint density at radius 2 is 1.48 bits per heavy atom. The molecule has 3 aromatic carbocycles. The lowest BCUT2D eigenvalue weighted by molar-refractivity contribution is -0.147. The highest BCUT2D eigenvalue weighted by molar-refractivity contribution is 9.10. The molecule has 1 heterocycles. The van der Waals surface area contributed by atoms with E-state index in [0.29, 0.717) is 6.61 Å². The number of hydrogen-bond donors (Lipinski definition) is 0. The van der Waals surface area contributed by atoms with Crippen LogP contribution in [0.4, 0.5) is 0 Å². The molecule has 3 aromatic rings. The van der Waals surface area contributed by atoms with Crippen molar-refractivity contribution in [2.45, 2.75) is 31.5 Å². The Morgan fingerprint density at radius 3 is 1.97 bits per heavy atom. The third-order valence-electron chi connectivity index (χ3n) is 5.66. The van der Waals surface area contributed by atoms with Crippen LogP contribution in [0.2, 0.25) is 0 Å². The lowest BCUT2D eigenvalue weighted by Crippen LogP contribution is -2.30. The zero-order chi connectivity index (χ0) is 20.4. The van der Waals surface area contributed by atoms with Gasteiger partial charge >= 0.3 is 5.97 Å². The zero-order valence-electron chi connectivity index (χ0n) is 16.6. The second-order valence-corrected chi connectivity index (χ2v) is 8.37. The Morgan fingerprint density at radius 1 is 0.966 bits per heavy atom. The maximum Gasteiger partial charge on any atom is 0.328 e. The number of halogens is 1. The molecule has 0 amide bonds. The maximum absolute atomic E-state index is 13.1. The maximum atomic E-state index is 13.1. The molecule has 1 unspecified atom stereocenters. The van der Waals surface area contributed by atoms with E-state index in [1.807, 2.05) is 62.4 Å². The van der Waals surface area contributed by atoms with Crippen molar-refractivity contribution in [1.82, 2.24) is 4.90 Å². The lowest BCUT2D eigenvalue weighted by atomic mass is 9.98. The molecule has 1 aliphatic rings. The quantitative estimate of drug-likeness (QED) is 0.345. The molecule has 1 saturated heterocycles. The van der Waals surface area contributed by atoms with Gasteiger partial charge in [-0.05, 0) is 42.7 Å². The fraction of sp³-hybridized carbons (Fsp3) is 0.240. The number of hydrogen-bond acceptors (Lipinski definition) is 3. The normalized spacial score (nSPS) is 23.0. The van der Waals surface area contributed by atoms with Gasteiger partial charge in [-0.15, -0.1) is 0 Å². The van der Waals surface area contributed by atoms with E-state index in [4.69, 9.17) is 4.74 Å². The van der Waals surface area contributed by atoms with Crippen molar-refractivity contribution in [3.63, 3.8) is 0 Å². The Hall–Kier alpha value is -2.43. The Kier molecular flexibility index (Phi) is 5.57. The van der Waals surface area contributed by atoms with E-state index >= 15 is 0 Å². The standard InChI is InChI=1S/C25H24BrNO2/c1-3-29-24(28)25(2)23(20-14-16-21(26)17-15-20)27(25)22(18-10-6-4-7-11-18)19-12-8-5-9-13-19/h4-17,22-23H,3H2,1-2H3/t23-,25-,27?/m1/s1. The molecule has 3 atom stereocenters. The van der Waals surface area contributed by atoms with Gasteiger partial charge in [-0.3, -0.25) is 4.90 Å². The van der Waals surface area contributed by atoms with E-state index in [0.717, 1.165) is 21.2 Å². The minimum absolute atomic E-state index is 0.0412. The second-order valence-electron chi connectivity index (χ2n) is 7.45. The SMILES string of the molecule is CCOC(=O)[C@@]1(C)[C@@H](c2ccc(Br)cc2)N1C(c1ccccc1)c1ccccc1. The van der Waals surface area contributed by atoms with Gasteiger partial charge in [0, 0.05) is 4.47 Å². The van der Waals surface area contributed by atoms with Crippen LogP contribution >= 0.6 is 15.9 Å². The van der Waals surface area contributed by atoms with Gasteiger partial charge in [-0.25, -0.2) is 4.79 Å². The summed E-state index contributed by atoms with van der Waals surface area (Å²) in [6, 6.07) is 28.8. The number of rotatable bonds is 6. The summed E-state index contributed by atoms with van der Waals surface area (Å²) in [7, 11) is 0. The first kappa shape index (κ1) is 19.9. The highest BCUT2D eigenvalue weighted by Crippen LogP contribution is 2.60. The van der Waals surface area contributed by atoms with E-state index in [-0.39, 0.29) is 18.1 Å². The third kappa shape index (κ3) is 3.63. The van der Waals surface area contributed by atoms with Gasteiger partial charge < -0.3 is 4.74 Å². The molecule has 0 spiro atoms. The largest absolute Gasteiger partial charge is 0.465 e. The highest BCUT2D eigenvalue weighted by Gasteiger charge is 2.68. The van der Waals surface area contributed by atoms with Gasteiger partial charge in [0.05, 0.1) is 18.7 Å². The van der Waals surface area contributed by atoms with Gasteiger partial charge in [-0.1, -0.05) is 88.7 Å². The first-order valence-electron chi connectivity index (χ1n) is 9.88. The van der Waals surface area contributed by atoms with E-state index in [1.165, 1.54) is 0 Å². The third-order valence-corrected chi connectivity index (χ3v) is 6.19. The number of carbonyl (C=O) groups excluding carboxylic acids is 1. The van der Waals surface area contributed by atoms with Gasteiger partial charge in [0.25, 0.3) is 0 Å². The molecule has 4 heteroatoms. The van der Waals surface area contributed by atoms with Gasteiger partial charge in [0.2, 0.25) is 0 Å². The van der Waals surface area contributed by atoms with Crippen LogP contribution in [-0.4, -0.2) is 23.0 Å². The van der Waals surface area contributed by atoms with E-state index in [1.54, 1.807) is 0 Å². The summed E-state index contributed by atoms with van der Waals surface area (Å²) in [6.45, 7) is 4.22. The van der Waals surface area contributed by atoms with Crippen molar-refractivity contribution in [3.8, 4) is 0 Å². The average molecular weight is 450 g/mol. The summed E-state index contributed by atoms with van der Waals surface area (Å²) >= 11 is 3.51. The fourth-order valence-corrected chi connectivity index (χ4v) is 4.50. The highest BCUT2D eigenvalue weighted by atomic mass is 79.9. The molecular weight excluding hydrogens is 426 g/mol. The van der Waals surface area contributed by atoms with Crippen molar-refractivity contribution in [3.05, 3.63) is 106 Å². The first-order chi connectivity index (χ1) is 14.1. The van der Waals surface area contributed by atoms with Crippen LogP contribution in [-0.2, 0) is 9.53 Å². The van der Waals surface area contributed by atoms with E-state index < -0.39 is 5.54 Å². The molecule has 29 heavy (non-hydrogen) atoms. The van der Waals surface area contributed by atoms with Crippen LogP contribution in [0.15, 0.2) is 89.4 Å². The minimum Gasteiger partial charge on any atom is -0.465 e. The predicted molar refractivity (Wildman–Crippen MR) is 118 cm³/mol. The first-order valence-corrected chi connectivity index (χ1v) is 10.7. The van der Waals surface area contributed by atoms with E-state index in [9.17, 15) is 4.79 Å². The molecule has 148 valence electrons. The molecule has 0 radical (unpaired) electrons. The monoisotopic (exact) mass is 449 g/mol. The minimum atomic E-state index is -0.722. The topological polar surface area (TPSA) is 29.3 Å². The van der Waals surface area contributed by atoms with Crippen LogP contribution in [0.3, 0.4) is 0 Å². The number of benzene rings is 3. The van der Waals surface area contributed by atoms with Crippen LogP contribution in [0.5, 0.6) is 0 Å². The van der Waals surface area contributed by atoms with Crippen LogP contribution < -0.4 is 0 Å². The van der Waals surface area contributed by atoms with Crippen molar-refractivity contribution in [1.29, 1.82) is 0 Å². The zero-order valence-corrected chi connectivity index (χ0v) is 18.2. The molecule has 3 nitrogen and oxygen atoms in total. The molecule has 0 bridgehead atoms. The fourth-order valence-electron chi connectivity index (χ4n) is 4.24. The van der Waals surface area contributed by atoms with Crippen LogP contribution in [0.1, 0.15) is 42.6 Å². The summed E-state index contributed by atoms with van der Waals surface area (Å²) in [4.78, 5) is 15.4. The number of carbonyl (C=O) groups is 1. The van der Waals surface area contributed by atoms with E-state index in [2.05, 4.69) is 57.2 Å². The second kappa shape index (κ2) is 8.13. The molecular formula is C25H24BrNO2. The molecule has 0 aliphatic carbocycles. The molecule has 1 aliphatic heterocycles. The van der Waals surface area contributed by atoms with Crippen LogP contribution in [0.25, 0.3) is 0 Å². The van der Waals surface area contributed by atoms with Gasteiger partial charge in [-0.2, -0.15) is 0 Å². The summed E-state index contributed by atoms with van der Waals surface area (Å²) in [5.74, 6) is -0.176. The van der Waals surface area contributed by atoms with Gasteiger partial charge in [0.15, 0.2) is 0 Å². The summed E-state index contributed by atoms with van der Waals surface area (Å²) < 4.78 is 6.53. The number of ether oxygens (including phenoxy) is 1. The lowest BCUT2D eigenvalue weighted by Gasteiger charge is -2.23. The summed E-state index contributed by atoms with van der Waals surface area (Å²) in [5.41, 5.74) is 2.71. The smallest absolute Gasteiger partial charge is 0.328 e. The molecule has 0 N–H and O–H groups in total. The molecule has 4 rings (SSSR count). The molecule has 1 fully saturated rings. The van der Waals surface area contributed by atoms with Crippen molar-refractivity contribution in [2.75, 3.05) is 6.61 Å². The van der Waals surface area contributed by atoms with Crippen LogP contribution in [0, 0.1) is 0 Å². The Labute approximate surface area is 180 Å². The van der Waals surface area contributed by atoms with Crippen molar-refractivity contribution in [2.24, 2.45) is 0 Å². The Balaban J connectivity index is 1.82. The molecule has 0 aromatic heterocycles.